The van der Waals surface area contributed by atoms with Gasteiger partial charge in [-0.25, -0.2) is 0 Å². The summed E-state index contributed by atoms with van der Waals surface area (Å²) in [6.07, 6.45) is 5.70. The van der Waals surface area contributed by atoms with Crippen LogP contribution in [0.1, 0.15) is 48.0 Å². The van der Waals surface area contributed by atoms with Gasteiger partial charge in [-0.05, 0) is 38.6 Å². The van der Waals surface area contributed by atoms with Crippen LogP contribution in [0.25, 0.3) is 0 Å². The number of carbonyl (C=O) groups is 2. The van der Waals surface area contributed by atoms with Crippen molar-refractivity contribution in [2.24, 2.45) is 0 Å². The third-order valence-corrected chi connectivity index (χ3v) is 4.13. The molecule has 0 unspecified atom stereocenters. The van der Waals surface area contributed by atoms with E-state index in [1.54, 1.807) is 6.07 Å². The zero-order valence-electron chi connectivity index (χ0n) is 14.1. The predicted octanol–water partition coefficient (Wildman–Crippen LogP) is 1.93. The number of benzene rings is 1. The number of amides is 2. The van der Waals surface area contributed by atoms with Gasteiger partial charge in [0.15, 0.2) is 0 Å². The highest BCUT2D eigenvalue weighted by Crippen LogP contribution is 2.17. The minimum Gasteiger partial charge on any atom is -0.352 e. The van der Waals surface area contributed by atoms with Crippen molar-refractivity contribution in [3.05, 3.63) is 35.4 Å². The first-order valence-electron chi connectivity index (χ1n) is 8.36. The molecule has 0 radical (unpaired) electrons. The van der Waals surface area contributed by atoms with Crippen molar-refractivity contribution in [3.8, 4) is 0 Å². The highest BCUT2D eigenvalue weighted by molar-refractivity contribution is 5.97. The molecule has 23 heavy (non-hydrogen) atoms. The SMILES string of the molecule is CN(C)Cc1ccccc1C(=O)NCC(=O)NC1CCCCC1. The summed E-state index contributed by atoms with van der Waals surface area (Å²) >= 11 is 0. The molecule has 0 spiro atoms. The lowest BCUT2D eigenvalue weighted by molar-refractivity contribution is -0.121. The molecule has 0 bridgehead atoms. The molecule has 5 nitrogen and oxygen atoms in total. The topological polar surface area (TPSA) is 61.4 Å². The minimum absolute atomic E-state index is 0.0334. The summed E-state index contributed by atoms with van der Waals surface area (Å²) in [5.74, 6) is -0.295. The standard InChI is InChI=1S/C18H27N3O2/c1-21(2)13-14-8-6-7-11-16(14)18(23)19-12-17(22)20-15-9-4-3-5-10-15/h6-8,11,15H,3-5,9-10,12-13H2,1-2H3,(H,19,23)(H,20,22). The van der Waals surface area contributed by atoms with Crippen LogP contribution >= 0.6 is 0 Å². The van der Waals surface area contributed by atoms with Gasteiger partial charge in [0.2, 0.25) is 5.91 Å². The summed E-state index contributed by atoms with van der Waals surface area (Å²) in [7, 11) is 3.93. The molecule has 1 aliphatic rings. The number of nitrogens with one attached hydrogen (secondary N) is 2. The summed E-state index contributed by atoms with van der Waals surface area (Å²) in [5.41, 5.74) is 1.59. The lowest BCUT2D eigenvalue weighted by Crippen LogP contribution is -2.42. The van der Waals surface area contributed by atoms with E-state index in [9.17, 15) is 9.59 Å². The maximum Gasteiger partial charge on any atom is 0.252 e. The van der Waals surface area contributed by atoms with Crippen LogP contribution in [-0.4, -0.2) is 43.4 Å². The lowest BCUT2D eigenvalue weighted by atomic mass is 9.95. The first-order chi connectivity index (χ1) is 11.1. The van der Waals surface area contributed by atoms with Crippen molar-refractivity contribution < 1.29 is 9.59 Å². The van der Waals surface area contributed by atoms with Crippen LogP contribution in [0.4, 0.5) is 0 Å². The van der Waals surface area contributed by atoms with Gasteiger partial charge in [0.25, 0.3) is 5.91 Å². The molecule has 1 aromatic carbocycles. The average molecular weight is 317 g/mol. The molecule has 2 rings (SSSR count). The smallest absolute Gasteiger partial charge is 0.252 e. The van der Waals surface area contributed by atoms with E-state index in [1.165, 1.54) is 19.3 Å². The Balaban J connectivity index is 1.85. The van der Waals surface area contributed by atoms with E-state index < -0.39 is 0 Å². The van der Waals surface area contributed by atoms with Crippen molar-refractivity contribution >= 4 is 11.8 Å². The second-order valence-electron chi connectivity index (χ2n) is 6.48. The molecule has 1 saturated carbocycles. The first kappa shape index (κ1) is 17.5. The van der Waals surface area contributed by atoms with Gasteiger partial charge in [-0.1, -0.05) is 37.5 Å². The molecule has 0 aliphatic heterocycles. The summed E-state index contributed by atoms with van der Waals surface area (Å²) in [6.45, 7) is 0.726. The molecule has 2 amide bonds. The maximum atomic E-state index is 12.3. The molecule has 1 fully saturated rings. The number of hydrogen-bond donors (Lipinski definition) is 2. The van der Waals surface area contributed by atoms with Crippen molar-refractivity contribution in [1.82, 2.24) is 15.5 Å². The van der Waals surface area contributed by atoms with Crippen LogP contribution < -0.4 is 10.6 Å². The van der Waals surface area contributed by atoms with Crippen LogP contribution in [0.3, 0.4) is 0 Å². The average Bonchev–Trinajstić information content (AvgIpc) is 2.53. The van der Waals surface area contributed by atoms with Gasteiger partial charge in [-0.15, -0.1) is 0 Å². The Bertz CT molecular complexity index is 537. The van der Waals surface area contributed by atoms with Crippen molar-refractivity contribution in [1.29, 1.82) is 0 Å². The summed E-state index contributed by atoms with van der Waals surface area (Å²) in [5, 5.41) is 5.74. The van der Waals surface area contributed by atoms with Crippen LogP contribution in [0, 0.1) is 0 Å². The largest absolute Gasteiger partial charge is 0.352 e. The normalized spacial score (nSPS) is 15.4. The molecule has 0 heterocycles. The summed E-state index contributed by atoms with van der Waals surface area (Å²) < 4.78 is 0. The highest BCUT2D eigenvalue weighted by atomic mass is 16.2. The monoisotopic (exact) mass is 317 g/mol. The van der Waals surface area contributed by atoms with E-state index in [2.05, 4.69) is 10.6 Å². The Morgan fingerprint density at radius 1 is 1.13 bits per heavy atom. The fourth-order valence-electron chi connectivity index (χ4n) is 3.00. The molecule has 0 aromatic heterocycles. The zero-order chi connectivity index (χ0) is 16.7. The Hall–Kier alpha value is -1.88. The minimum atomic E-state index is -0.193. The van der Waals surface area contributed by atoms with Crippen LogP contribution in [0.5, 0.6) is 0 Å². The molecule has 2 N–H and O–H groups in total. The van der Waals surface area contributed by atoms with Gasteiger partial charge in [-0.2, -0.15) is 0 Å². The van der Waals surface area contributed by atoms with Gasteiger partial charge in [0.05, 0.1) is 6.54 Å². The number of rotatable bonds is 6. The molecular weight excluding hydrogens is 290 g/mol. The fourth-order valence-corrected chi connectivity index (χ4v) is 3.00. The number of carbonyl (C=O) groups excluding carboxylic acids is 2. The third kappa shape index (κ3) is 5.67. The predicted molar refractivity (Wildman–Crippen MR) is 91.2 cm³/mol. The Kier molecular flexibility index (Phi) is 6.59. The molecule has 0 atom stereocenters. The number of nitrogens with zero attached hydrogens (tertiary/aromatic N) is 1. The quantitative estimate of drug-likeness (QED) is 0.843. The van der Waals surface area contributed by atoms with E-state index in [4.69, 9.17) is 0 Å². The van der Waals surface area contributed by atoms with E-state index in [1.807, 2.05) is 37.2 Å². The van der Waals surface area contributed by atoms with Crippen molar-refractivity contribution in [2.75, 3.05) is 20.6 Å². The fraction of sp³-hybridized carbons (Fsp3) is 0.556. The summed E-state index contributed by atoms with van der Waals surface area (Å²) in [6, 6.07) is 7.78. The van der Waals surface area contributed by atoms with E-state index in [-0.39, 0.29) is 24.4 Å². The van der Waals surface area contributed by atoms with Crippen LogP contribution in [-0.2, 0) is 11.3 Å². The maximum absolute atomic E-state index is 12.3. The van der Waals surface area contributed by atoms with Gasteiger partial charge < -0.3 is 15.5 Å². The molecular formula is C18H27N3O2. The number of hydrogen-bond acceptors (Lipinski definition) is 3. The molecule has 5 heteroatoms. The van der Waals surface area contributed by atoms with E-state index >= 15 is 0 Å². The third-order valence-electron chi connectivity index (χ3n) is 4.13. The van der Waals surface area contributed by atoms with Gasteiger partial charge >= 0.3 is 0 Å². The Labute approximate surface area is 138 Å². The van der Waals surface area contributed by atoms with Gasteiger partial charge in [-0.3, -0.25) is 9.59 Å². The Morgan fingerprint density at radius 2 is 1.83 bits per heavy atom. The van der Waals surface area contributed by atoms with Crippen molar-refractivity contribution in [2.45, 2.75) is 44.7 Å². The van der Waals surface area contributed by atoms with E-state index in [0.29, 0.717) is 12.1 Å². The zero-order valence-corrected chi connectivity index (χ0v) is 14.1. The molecule has 0 saturated heterocycles. The first-order valence-corrected chi connectivity index (χ1v) is 8.36. The second-order valence-corrected chi connectivity index (χ2v) is 6.48. The van der Waals surface area contributed by atoms with Crippen LogP contribution in [0.2, 0.25) is 0 Å². The second kappa shape index (κ2) is 8.67. The molecule has 126 valence electrons. The molecule has 1 aliphatic carbocycles. The molecule has 1 aromatic rings. The van der Waals surface area contributed by atoms with Gasteiger partial charge in [0.1, 0.15) is 0 Å². The Morgan fingerprint density at radius 3 is 2.52 bits per heavy atom. The highest BCUT2D eigenvalue weighted by Gasteiger charge is 2.17. The van der Waals surface area contributed by atoms with Crippen molar-refractivity contribution in [3.63, 3.8) is 0 Å². The van der Waals surface area contributed by atoms with Gasteiger partial charge in [0, 0.05) is 18.2 Å². The lowest BCUT2D eigenvalue weighted by Gasteiger charge is -2.22. The summed E-state index contributed by atoms with van der Waals surface area (Å²) in [4.78, 5) is 26.3. The van der Waals surface area contributed by atoms with E-state index in [0.717, 1.165) is 18.4 Å². The van der Waals surface area contributed by atoms with Crippen LogP contribution in [0.15, 0.2) is 24.3 Å².